The monoisotopic (exact) mass is 538 g/mol. The molecule has 0 bridgehead atoms. The molecule has 2 aromatic rings. The van der Waals surface area contributed by atoms with Crippen molar-refractivity contribution >= 4 is 35.1 Å². The second kappa shape index (κ2) is 12.6. The van der Waals surface area contributed by atoms with Crippen LogP contribution in [0.2, 0.25) is 0 Å². The highest BCUT2D eigenvalue weighted by Crippen LogP contribution is 2.39. The van der Waals surface area contributed by atoms with Gasteiger partial charge in [-0.25, -0.2) is 4.39 Å². The molecule has 1 saturated carbocycles. The summed E-state index contributed by atoms with van der Waals surface area (Å²) in [6, 6.07) is 4.13. The smallest absolute Gasteiger partial charge is 0.310 e. The molecule has 0 spiro atoms. The Hall–Kier alpha value is -3.46. The number of esters is 1. The Bertz CT molecular complexity index is 1260. The first kappa shape index (κ1) is 28.5. The third-order valence-electron chi connectivity index (χ3n) is 7.89. The molecule has 8 nitrogen and oxygen atoms in total. The van der Waals surface area contributed by atoms with Crippen LogP contribution >= 0.6 is 0 Å². The summed E-state index contributed by atoms with van der Waals surface area (Å²) in [5.74, 6) is -1.47. The van der Waals surface area contributed by atoms with Crippen molar-refractivity contribution in [3.63, 3.8) is 0 Å². The van der Waals surface area contributed by atoms with Gasteiger partial charge in [-0.1, -0.05) is 33.1 Å². The van der Waals surface area contributed by atoms with Crippen molar-refractivity contribution in [1.82, 2.24) is 15.2 Å². The van der Waals surface area contributed by atoms with Crippen LogP contribution in [0.3, 0.4) is 0 Å². The number of carbonyl (C=O) groups excluding carboxylic acids is 3. The highest BCUT2D eigenvalue weighted by atomic mass is 19.1. The van der Waals surface area contributed by atoms with Crippen molar-refractivity contribution in [2.75, 3.05) is 37.8 Å². The zero-order chi connectivity index (χ0) is 28.1. The molecule has 2 amide bonds. The summed E-state index contributed by atoms with van der Waals surface area (Å²) >= 11 is 0. The fourth-order valence-electron chi connectivity index (χ4n) is 5.54. The van der Waals surface area contributed by atoms with E-state index in [0.29, 0.717) is 40.3 Å². The van der Waals surface area contributed by atoms with E-state index in [-0.39, 0.29) is 36.0 Å². The number of fused-ring (bicyclic) bond motifs is 1. The highest BCUT2D eigenvalue weighted by Gasteiger charge is 2.35. The van der Waals surface area contributed by atoms with E-state index in [1.165, 1.54) is 23.1 Å². The zero-order valence-electron chi connectivity index (χ0n) is 23.4. The number of likely N-dealkylation sites (N-methyl/N-ethyl adjacent to an activating group) is 1. The minimum atomic E-state index is -0.471. The van der Waals surface area contributed by atoms with Gasteiger partial charge in [0.15, 0.2) is 6.73 Å². The Labute approximate surface area is 229 Å². The second-order valence-electron chi connectivity index (χ2n) is 10.3. The van der Waals surface area contributed by atoms with E-state index in [1.54, 1.807) is 6.08 Å². The molecule has 4 rings (SSSR count). The standard InChI is InChI=1S/C30H39FN4O4/c1-5-34(6-2)15-14-32-28(36)27-19(3)25(33-20(27)4)17-24-23-16-22(31)12-13-26(23)35(29(24)37)18-39-30(38)21-10-8-7-9-11-21/h12-13,16-17,21,33H,5-11,14-15,18H2,1-4H3,(H,32,36)/b24-17-. The number of aromatic amines is 1. The summed E-state index contributed by atoms with van der Waals surface area (Å²) in [4.78, 5) is 45.9. The summed E-state index contributed by atoms with van der Waals surface area (Å²) in [6.45, 7) is 10.7. The lowest BCUT2D eigenvalue weighted by molar-refractivity contribution is -0.149. The number of rotatable bonds is 10. The number of aromatic nitrogens is 1. The predicted molar refractivity (Wildman–Crippen MR) is 150 cm³/mol. The number of hydrogen-bond donors (Lipinski definition) is 2. The van der Waals surface area contributed by atoms with Crippen LogP contribution in [0.15, 0.2) is 18.2 Å². The SMILES string of the molecule is CCN(CC)CCNC(=O)c1c(C)[nH]c(/C=C2\C(=O)N(COC(=O)C3CCCCC3)c3ccc(F)cc32)c1C. The van der Waals surface area contributed by atoms with Gasteiger partial charge in [0.1, 0.15) is 5.82 Å². The number of halogens is 1. The molecule has 1 aromatic carbocycles. The average Bonchev–Trinajstić information content (AvgIpc) is 3.36. The maximum Gasteiger partial charge on any atom is 0.310 e. The number of carbonyl (C=O) groups is 3. The summed E-state index contributed by atoms with van der Waals surface area (Å²) in [6.07, 6.45) is 6.38. The lowest BCUT2D eigenvalue weighted by Crippen LogP contribution is -2.35. The molecule has 0 saturated heterocycles. The quantitative estimate of drug-likeness (QED) is 0.334. The average molecular weight is 539 g/mol. The van der Waals surface area contributed by atoms with E-state index in [2.05, 4.69) is 29.0 Å². The van der Waals surface area contributed by atoms with Crippen LogP contribution in [0.25, 0.3) is 11.6 Å². The van der Waals surface area contributed by atoms with Crippen LogP contribution in [0.4, 0.5) is 10.1 Å². The topological polar surface area (TPSA) is 94.7 Å². The fraction of sp³-hybridized carbons (Fsp3) is 0.500. The Balaban J connectivity index is 1.54. The molecular formula is C30H39FN4O4. The first-order valence-electron chi connectivity index (χ1n) is 13.9. The van der Waals surface area contributed by atoms with Crippen molar-refractivity contribution in [3.05, 3.63) is 52.1 Å². The van der Waals surface area contributed by atoms with Crippen LogP contribution in [-0.2, 0) is 14.3 Å². The van der Waals surface area contributed by atoms with Gasteiger partial charge in [0.25, 0.3) is 11.8 Å². The number of aryl methyl sites for hydroxylation is 1. The van der Waals surface area contributed by atoms with Gasteiger partial charge >= 0.3 is 5.97 Å². The number of H-pyrrole nitrogens is 1. The van der Waals surface area contributed by atoms with Gasteiger partial charge in [-0.2, -0.15) is 0 Å². The van der Waals surface area contributed by atoms with E-state index >= 15 is 0 Å². The largest absolute Gasteiger partial charge is 0.444 e. The van der Waals surface area contributed by atoms with Gasteiger partial charge in [0.05, 0.1) is 22.7 Å². The third kappa shape index (κ3) is 6.24. The summed E-state index contributed by atoms with van der Waals surface area (Å²) < 4.78 is 19.8. The number of hydrogen-bond acceptors (Lipinski definition) is 5. The lowest BCUT2D eigenvalue weighted by atomic mass is 9.89. The van der Waals surface area contributed by atoms with E-state index in [9.17, 15) is 18.8 Å². The molecule has 0 unspecified atom stereocenters. The molecule has 2 heterocycles. The van der Waals surface area contributed by atoms with Crippen molar-refractivity contribution in [1.29, 1.82) is 0 Å². The van der Waals surface area contributed by atoms with E-state index in [4.69, 9.17) is 4.74 Å². The Morgan fingerprint density at radius 3 is 2.59 bits per heavy atom. The van der Waals surface area contributed by atoms with Crippen LogP contribution < -0.4 is 10.2 Å². The van der Waals surface area contributed by atoms with E-state index in [0.717, 1.165) is 51.7 Å². The normalized spacial score (nSPS) is 16.7. The molecular weight excluding hydrogens is 499 g/mol. The van der Waals surface area contributed by atoms with Gasteiger partial charge < -0.3 is 19.9 Å². The molecule has 9 heteroatoms. The number of amides is 2. The summed E-state index contributed by atoms with van der Waals surface area (Å²) in [5.41, 5.74) is 3.70. The molecule has 0 radical (unpaired) electrons. The van der Waals surface area contributed by atoms with Crippen molar-refractivity contribution in [2.24, 2.45) is 5.92 Å². The van der Waals surface area contributed by atoms with Crippen molar-refractivity contribution in [2.45, 2.75) is 59.8 Å². The number of nitrogens with zero attached hydrogens (tertiary/aromatic N) is 2. The van der Waals surface area contributed by atoms with Crippen LogP contribution in [0.5, 0.6) is 0 Å². The molecule has 1 aromatic heterocycles. The number of ether oxygens (including phenoxy) is 1. The van der Waals surface area contributed by atoms with Crippen LogP contribution in [-0.4, -0.2) is 60.6 Å². The predicted octanol–water partition coefficient (Wildman–Crippen LogP) is 4.81. The maximum absolute atomic E-state index is 14.3. The fourth-order valence-corrected chi connectivity index (χ4v) is 5.54. The number of anilines is 1. The Morgan fingerprint density at radius 1 is 1.18 bits per heavy atom. The zero-order valence-corrected chi connectivity index (χ0v) is 23.4. The van der Waals surface area contributed by atoms with Gasteiger partial charge in [0.2, 0.25) is 0 Å². The molecule has 1 aliphatic carbocycles. The molecule has 1 fully saturated rings. The first-order chi connectivity index (χ1) is 18.7. The van der Waals surface area contributed by atoms with Crippen molar-refractivity contribution in [3.8, 4) is 0 Å². The Kier molecular flexibility index (Phi) is 9.22. The van der Waals surface area contributed by atoms with E-state index in [1.807, 2.05) is 13.8 Å². The second-order valence-corrected chi connectivity index (χ2v) is 10.3. The van der Waals surface area contributed by atoms with Crippen LogP contribution in [0.1, 0.15) is 78.8 Å². The maximum atomic E-state index is 14.3. The van der Waals surface area contributed by atoms with Gasteiger partial charge in [-0.05, 0) is 69.6 Å². The first-order valence-corrected chi connectivity index (χ1v) is 13.9. The van der Waals surface area contributed by atoms with Crippen molar-refractivity contribution < 1.29 is 23.5 Å². The third-order valence-corrected chi connectivity index (χ3v) is 7.89. The van der Waals surface area contributed by atoms with Crippen LogP contribution in [0, 0.1) is 25.6 Å². The number of benzene rings is 1. The number of nitrogens with one attached hydrogen (secondary N) is 2. The minimum Gasteiger partial charge on any atom is -0.444 e. The molecule has 2 aliphatic rings. The lowest BCUT2D eigenvalue weighted by Gasteiger charge is -2.22. The van der Waals surface area contributed by atoms with Gasteiger partial charge in [0, 0.05) is 30.0 Å². The van der Waals surface area contributed by atoms with Gasteiger partial charge in [-0.3, -0.25) is 19.3 Å². The van der Waals surface area contributed by atoms with E-state index < -0.39 is 5.82 Å². The molecule has 2 N–H and O–H groups in total. The molecule has 39 heavy (non-hydrogen) atoms. The molecule has 0 atom stereocenters. The van der Waals surface area contributed by atoms with Gasteiger partial charge in [-0.15, -0.1) is 0 Å². The Morgan fingerprint density at radius 2 is 1.90 bits per heavy atom. The minimum absolute atomic E-state index is 0.139. The molecule has 1 aliphatic heterocycles. The highest BCUT2D eigenvalue weighted by molar-refractivity contribution is 6.35. The summed E-state index contributed by atoms with van der Waals surface area (Å²) in [7, 11) is 0. The molecule has 210 valence electrons. The summed E-state index contributed by atoms with van der Waals surface area (Å²) in [5, 5.41) is 2.99.